The largest absolute Gasteiger partial charge is 0.452 e. The number of carbonyl (C=O) groups excluding carboxylic acids is 3. The Morgan fingerprint density at radius 3 is 2.67 bits per heavy atom. The van der Waals surface area contributed by atoms with E-state index >= 15 is 0 Å². The topological polar surface area (TPSA) is 81.5 Å². The highest BCUT2D eigenvalue weighted by atomic mass is 35.5. The predicted octanol–water partition coefficient (Wildman–Crippen LogP) is 2.51. The Balaban J connectivity index is 1.70. The molecule has 0 atom stereocenters. The third-order valence-corrected chi connectivity index (χ3v) is 4.93. The summed E-state index contributed by atoms with van der Waals surface area (Å²) in [6.07, 6.45) is 0.998. The van der Waals surface area contributed by atoms with Gasteiger partial charge in [0.1, 0.15) is 5.56 Å². The van der Waals surface area contributed by atoms with Crippen LogP contribution in [0.2, 0.25) is 5.02 Å². The van der Waals surface area contributed by atoms with E-state index in [9.17, 15) is 14.4 Å². The fraction of sp³-hybridized carbons (Fsp3) is 0.368. The quantitative estimate of drug-likeness (QED) is 0.734. The van der Waals surface area contributed by atoms with E-state index in [4.69, 9.17) is 16.3 Å². The fourth-order valence-electron chi connectivity index (χ4n) is 3.12. The molecule has 1 saturated heterocycles. The number of carbonyl (C=O) groups is 3. The molecule has 7 nitrogen and oxygen atoms in total. The van der Waals surface area contributed by atoms with Crippen molar-refractivity contribution >= 4 is 29.4 Å². The van der Waals surface area contributed by atoms with Gasteiger partial charge in [-0.25, -0.2) is 4.79 Å². The van der Waals surface area contributed by atoms with Gasteiger partial charge in [0, 0.05) is 18.0 Å². The van der Waals surface area contributed by atoms with Crippen molar-refractivity contribution in [2.75, 3.05) is 13.2 Å². The van der Waals surface area contributed by atoms with Gasteiger partial charge in [0.15, 0.2) is 6.61 Å². The first-order valence-corrected chi connectivity index (χ1v) is 9.04. The van der Waals surface area contributed by atoms with Gasteiger partial charge in [0.05, 0.1) is 17.9 Å². The van der Waals surface area contributed by atoms with Crippen LogP contribution >= 0.6 is 11.6 Å². The lowest BCUT2D eigenvalue weighted by molar-refractivity contribution is -0.143. The summed E-state index contributed by atoms with van der Waals surface area (Å²) < 4.78 is 6.82. The van der Waals surface area contributed by atoms with Gasteiger partial charge in [0.25, 0.3) is 5.91 Å². The first-order chi connectivity index (χ1) is 12.9. The fourth-order valence-corrected chi connectivity index (χ4v) is 3.32. The zero-order valence-corrected chi connectivity index (χ0v) is 16.0. The Bertz CT molecular complexity index is 906. The van der Waals surface area contributed by atoms with Gasteiger partial charge < -0.3 is 4.74 Å². The number of aromatic nitrogens is 2. The molecule has 2 aromatic rings. The average Bonchev–Trinajstić information content (AvgIpc) is 3.18. The molecule has 0 unspecified atom stereocenters. The van der Waals surface area contributed by atoms with Crippen LogP contribution in [-0.4, -0.2) is 45.6 Å². The van der Waals surface area contributed by atoms with Crippen molar-refractivity contribution < 1.29 is 19.1 Å². The molecule has 142 valence electrons. The lowest BCUT2D eigenvalue weighted by Gasteiger charge is -2.13. The molecule has 0 N–H and O–H groups in total. The molecule has 8 heteroatoms. The van der Waals surface area contributed by atoms with Crippen LogP contribution in [0.5, 0.6) is 0 Å². The lowest BCUT2D eigenvalue weighted by atomic mass is 10.2. The Kier molecular flexibility index (Phi) is 5.60. The third kappa shape index (κ3) is 4.03. The minimum atomic E-state index is -0.629. The van der Waals surface area contributed by atoms with E-state index in [1.165, 1.54) is 0 Å². The number of nitrogens with zero attached hydrogens (tertiary/aromatic N) is 3. The molecule has 27 heavy (non-hydrogen) atoms. The molecule has 0 saturated carbocycles. The highest BCUT2D eigenvalue weighted by Gasteiger charge is 2.28. The van der Waals surface area contributed by atoms with Crippen LogP contribution in [0, 0.1) is 13.8 Å². The van der Waals surface area contributed by atoms with Crippen molar-refractivity contribution in [3.63, 3.8) is 0 Å². The molecule has 1 aromatic heterocycles. The van der Waals surface area contributed by atoms with Crippen molar-refractivity contribution in [1.29, 1.82) is 0 Å². The van der Waals surface area contributed by atoms with Crippen molar-refractivity contribution in [3.05, 3.63) is 51.8 Å². The van der Waals surface area contributed by atoms with Crippen LogP contribution < -0.4 is 0 Å². The first kappa shape index (κ1) is 19.1. The summed E-state index contributed by atoms with van der Waals surface area (Å²) in [6, 6.07) is 7.41. The molecule has 0 aliphatic carbocycles. The normalized spacial score (nSPS) is 13.9. The Hall–Kier alpha value is -2.67. The second-order valence-corrected chi connectivity index (χ2v) is 6.82. The number of aryl methyl sites for hydroxylation is 1. The van der Waals surface area contributed by atoms with Gasteiger partial charge in [-0.15, -0.1) is 0 Å². The molecule has 2 amide bonds. The van der Waals surface area contributed by atoms with Gasteiger partial charge in [-0.3, -0.25) is 19.2 Å². The Morgan fingerprint density at radius 2 is 2.00 bits per heavy atom. The molecule has 1 aliphatic rings. The molecule has 1 aromatic carbocycles. The van der Waals surface area contributed by atoms with Gasteiger partial charge in [0.2, 0.25) is 5.91 Å². The van der Waals surface area contributed by atoms with Crippen LogP contribution in [0.4, 0.5) is 0 Å². The zero-order chi connectivity index (χ0) is 19.6. The molecular weight excluding hydrogens is 370 g/mol. The number of amides is 2. The average molecular weight is 390 g/mol. The van der Waals surface area contributed by atoms with Crippen LogP contribution in [0.25, 0.3) is 0 Å². The van der Waals surface area contributed by atoms with Crippen molar-refractivity contribution in [2.24, 2.45) is 0 Å². The van der Waals surface area contributed by atoms with Gasteiger partial charge in [-0.2, -0.15) is 5.10 Å². The molecular formula is C19H20ClN3O4. The second kappa shape index (κ2) is 7.92. The summed E-state index contributed by atoms with van der Waals surface area (Å²) in [5, 5.41) is 5.01. The Morgan fingerprint density at radius 1 is 1.26 bits per heavy atom. The van der Waals surface area contributed by atoms with Gasteiger partial charge in [-0.1, -0.05) is 29.8 Å². The number of imide groups is 1. The summed E-state index contributed by atoms with van der Waals surface area (Å²) in [7, 11) is 0. The van der Waals surface area contributed by atoms with Crippen LogP contribution in [0.15, 0.2) is 24.3 Å². The minimum absolute atomic E-state index is 0.226. The van der Waals surface area contributed by atoms with E-state index in [-0.39, 0.29) is 5.91 Å². The second-order valence-electron chi connectivity index (χ2n) is 6.41. The molecule has 1 fully saturated rings. The number of hydrogen-bond acceptors (Lipinski definition) is 5. The molecule has 0 spiro atoms. The lowest BCUT2D eigenvalue weighted by Crippen LogP contribution is -2.35. The summed E-state index contributed by atoms with van der Waals surface area (Å²) in [5.74, 6) is -1.35. The van der Waals surface area contributed by atoms with E-state index in [0.29, 0.717) is 47.9 Å². The number of ether oxygens (including phenoxy) is 1. The summed E-state index contributed by atoms with van der Waals surface area (Å²) in [6.45, 7) is 3.81. The van der Waals surface area contributed by atoms with Crippen molar-refractivity contribution in [1.82, 2.24) is 14.7 Å². The molecule has 0 bridgehead atoms. The van der Waals surface area contributed by atoms with Gasteiger partial charge in [-0.05, 0) is 31.9 Å². The molecule has 1 aliphatic heterocycles. The predicted molar refractivity (Wildman–Crippen MR) is 98.5 cm³/mol. The number of likely N-dealkylation sites (tertiary alicyclic amines) is 1. The van der Waals surface area contributed by atoms with Crippen LogP contribution in [0.1, 0.15) is 40.2 Å². The molecule has 2 heterocycles. The van der Waals surface area contributed by atoms with Crippen molar-refractivity contribution in [2.45, 2.75) is 33.2 Å². The summed E-state index contributed by atoms with van der Waals surface area (Å²) in [4.78, 5) is 37.2. The summed E-state index contributed by atoms with van der Waals surface area (Å²) >= 11 is 6.19. The molecule has 3 rings (SSSR count). The first-order valence-electron chi connectivity index (χ1n) is 8.66. The van der Waals surface area contributed by atoms with E-state index < -0.39 is 18.5 Å². The smallest absolute Gasteiger partial charge is 0.342 e. The minimum Gasteiger partial charge on any atom is -0.452 e. The van der Waals surface area contributed by atoms with Crippen LogP contribution in [-0.2, 0) is 20.9 Å². The van der Waals surface area contributed by atoms with E-state index in [0.717, 1.165) is 10.5 Å². The Labute approximate surface area is 161 Å². The SMILES string of the molecule is Cc1nn(Cc2ccccc2Cl)c(C)c1C(=O)OCC(=O)N1CCCC1=O. The summed E-state index contributed by atoms with van der Waals surface area (Å²) in [5.41, 5.74) is 2.34. The number of halogens is 1. The number of benzene rings is 1. The third-order valence-electron chi connectivity index (χ3n) is 4.56. The maximum absolute atomic E-state index is 12.5. The van der Waals surface area contributed by atoms with Crippen molar-refractivity contribution in [3.8, 4) is 0 Å². The molecule has 0 radical (unpaired) electrons. The number of hydrogen-bond donors (Lipinski definition) is 0. The van der Waals surface area contributed by atoms with Gasteiger partial charge >= 0.3 is 5.97 Å². The standard InChI is InChI=1S/C19H20ClN3O4/c1-12-18(19(26)27-11-17(25)22-9-5-8-16(22)24)13(2)23(21-12)10-14-6-3-4-7-15(14)20/h3-4,6-7H,5,8-11H2,1-2H3. The van der Waals surface area contributed by atoms with E-state index in [1.807, 2.05) is 18.2 Å². The van der Waals surface area contributed by atoms with Crippen LogP contribution in [0.3, 0.4) is 0 Å². The zero-order valence-electron chi connectivity index (χ0n) is 15.2. The highest BCUT2D eigenvalue weighted by Crippen LogP contribution is 2.20. The maximum atomic E-state index is 12.5. The maximum Gasteiger partial charge on any atom is 0.342 e. The van der Waals surface area contributed by atoms with E-state index in [2.05, 4.69) is 5.10 Å². The number of rotatable bonds is 5. The highest BCUT2D eigenvalue weighted by molar-refractivity contribution is 6.31. The monoisotopic (exact) mass is 389 g/mol. The number of esters is 1. The van der Waals surface area contributed by atoms with E-state index in [1.54, 1.807) is 24.6 Å².